The summed E-state index contributed by atoms with van der Waals surface area (Å²) in [6, 6.07) is 10.5. The van der Waals surface area contributed by atoms with E-state index in [4.69, 9.17) is 22.1 Å². The number of anilines is 2. The highest BCUT2D eigenvalue weighted by Gasteiger charge is 2.07. The second-order valence-corrected chi connectivity index (χ2v) is 4.84. The van der Waals surface area contributed by atoms with Gasteiger partial charge in [-0.3, -0.25) is 4.79 Å². The Morgan fingerprint density at radius 1 is 1.33 bits per heavy atom. The van der Waals surface area contributed by atoms with Crippen LogP contribution in [-0.4, -0.2) is 17.5 Å². The van der Waals surface area contributed by atoms with Gasteiger partial charge >= 0.3 is 0 Å². The van der Waals surface area contributed by atoms with Crippen LogP contribution in [0.15, 0.2) is 36.4 Å². The molecule has 0 bridgehead atoms. The van der Waals surface area contributed by atoms with Gasteiger partial charge in [-0.1, -0.05) is 23.7 Å². The van der Waals surface area contributed by atoms with Gasteiger partial charge < -0.3 is 15.8 Å². The Labute approximate surface area is 128 Å². The van der Waals surface area contributed by atoms with Crippen LogP contribution in [0.3, 0.4) is 0 Å². The number of hydrogen-bond acceptors (Lipinski definition) is 4. The van der Waals surface area contributed by atoms with Crippen molar-refractivity contribution in [3.8, 4) is 5.75 Å². The molecule has 0 aliphatic carbocycles. The minimum Gasteiger partial charge on any atom is -0.491 e. The summed E-state index contributed by atoms with van der Waals surface area (Å²) in [5, 5.41) is 3.16. The van der Waals surface area contributed by atoms with Crippen LogP contribution in [0.25, 0.3) is 0 Å². The van der Waals surface area contributed by atoms with E-state index < -0.39 is 0 Å². The molecule has 1 amide bonds. The molecule has 1 heterocycles. The molecule has 0 aliphatic rings. The smallest absolute Gasteiger partial charge is 0.227 e. The number of ether oxygens (including phenoxy) is 1. The standard InChI is InChI=1S/C15H16ClN3O2/c1-10-12(6-7-14(16)18-10)19-15(20)8-9-21-13-5-3-2-4-11(13)17/h2-7H,8-9,17H2,1H3,(H,19,20). The molecule has 1 aromatic heterocycles. The van der Waals surface area contributed by atoms with E-state index in [1.807, 2.05) is 12.1 Å². The van der Waals surface area contributed by atoms with E-state index in [2.05, 4.69) is 10.3 Å². The highest BCUT2D eigenvalue weighted by atomic mass is 35.5. The van der Waals surface area contributed by atoms with Gasteiger partial charge in [0.2, 0.25) is 5.91 Å². The fourth-order valence-electron chi connectivity index (χ4n) is 1.74. The molecule has 21 heavy (non-hydrogen) atoms. The zero-order valence-electron chi connectivity index (χ0n) is 11.6. The molecule has 0 saturated carbocycles. The summed E-state index contributed by atoms with van der Waals surface area (Å²) in [6.07, 6.45) is 0.219. The number of carbonyl (C=O) groups is 1. The molecule has 2 rings (SSSR count). The largest absolute Gasteiger partial charge is 0.491 e. The van der Waals surface area contributed by atoms with Crippen LogP contribution in [0.1, 0.15) is 12.1 Å². The first-order valence-electron chi connectivity index (χ1n) is 6.46. The molecular weight excluding hydrogens is 290 g/mol. The minimum absolute atomic E-state index is 0.156. The Hall–Kier alpha value is -2.27. The Morgan fingerprint density at radius 2 is 2.10 bits per heavy atom. The molecule has 0 spiro atoms. The summed E-state index contributed by atoms with van der Waals surface area (Å²) in [5.41, 5.74) is 7.61. The van der Waals surface area contributed by atoms with Crippen LogP contribution in [0.5, 0.6) is 5.75 Å². The van der Waals surface area contributed by atoms with Gasteiger partial charge in [-0.15, -0.1) is 0 Å². The summed E-state index contributed by atoms with van der Waals surface area (Å²) in [4.78, 5) is 15.9. The Bertz CT molecular complexity index is 647. The molecular formula is C15H16ClN3O2. The van der Waals surface area contributed by atoms with Gasteiger partial charge in [-0.05, 0) is 31.2 Å². The van der Waals surface area contributed by atoms with Gasteiger partial charge in [0.05, 0.1) is 30.1 Å². The van der Waals surface area contributed by atoms with Crippen molar-refractivity contribution in [2.75, 3.05) is 17.7 Å². The number of nitrogen functional groups attached to an aromatic ring is 1. The molecule has 0 fully saturated rings. The zero-order valence-corrected chi connectivity index (χ0v) is 12.4. The molecule has 5 nitrogen and oxygen atoms in total. The number of pyridine rings is 1. The number of nitrogens with one attached hydrogen (secondary N) is 1. The number of halogens is 1. The van der Waals surface area contributed by atoms with Crippen molar-refractivity contribution in [2.45, 2.75) is 13.3 Å². The topological polar surface area (TPSA) is 77.2 Å². The molecule has 2 aromatic rings. The number of aryl methyl sites for hydroxylation is 1. The van der Waals surface area contributed by atoms with Gasteiger partial charge in [0.15, 0.2) is 0 Å². The summed E-state index contributed by atoms with van der Waals surface area (Å²) < 4.78 is 5.47. The number of para-hydroxylation sites is 2. The molecule has 110 valence electrons. The van der Waals surface area contributed by atoms with E-state index in [0.717, 1.165) is 0 Å². The molecule has 0 unspecified atom stereocenters. The van der Waals surface area contributed by atoms with E-state index in [-0.39, 0.29) is 18.9 Å². The van der Waals surface area contributed by atoms with Crippen LogP contribution >= 0.6 is 11.6 Å². The van der Waals surface area contributed by atoms with Crippen molar-refractivity contribution >= 4 is 28.9 Å². The second kappa shape index (κ2) is 6.95. The predicted molar refractivity (Wildman–Crippen MR) is 83.6 cm³/mol. The maximum absolute atomic E-state index is 11.8. The van der Waals surface area contributed by atoms with E-state index in [9.17, 15) is 4.79 Å². The molecule has 6 heteroatoms. The Balaban J connectivity index is 1.84. The average Bonchev–Trinajstić information content (AvgIpc) is 2.44. The monoisotopic (exact) mass is 305 g/mol. The molecule has 0 saturated heterocycles. The van der Waals surface area contributed by atoms with Crippen LogP contribution in [0.2, 0.25) is 5.15 Å². The third-order valence-corrected chi connectivity index (χ3v) is 3.04. The maximum Gasteiger partial charge on any atom is 0.227 e. The average molecular weight is 306 g/mol. The number of nitrogens with zero attached hydrogens (tertiary/aromatic N) is 1. The first-order chi connectivity index (χ1) is 10.1. The van der Waals surface area contributed by atoms with Crippen molar-refractivity contribution in [1.29, 1.82) is 0 Å². The third-order valence-electron chi connectivity index (χ3n) is 2.83. The summed E-state index contributed by atoms with van der Waals surface area (Å²) >= 11 is 5.76. The Morgan fingerprint density at radius 3 is 2.81 bits per heavy atom. The fraction of sp³-hybridized carbons (Fsp3) is 0.200. The number of rotatable bonds is 5. The van der Waals surface area contributed by atoms with Gasteiger partial charge in [0.1, 0.15) is 10.9 Å². The second-order valence-electron chi connectivity index (χ2n) is 4.45. The van der Waals surface area contributed by atoms with Crippen LogP contribution in [0.4, 0.5) is 11.4 Å². The highest BCUT2D eigenvalue weighted by Crippen LogP contribution is 2.20. The van der Waals surface area contributed by atoms with Crippen molar-refractivity contribution in [3.05, 3.63) is 47.2 Å². The number of carbonyl (C=O) groups excluding carboxylic acids is 1. The minimum atomic E-state index is -0.156. The van der Waals surface area contributed by atoms with Crippen molar-refractivity contribution in [2.24, 2.45) is 0 Å². The Kier molecular flexibility index (Phi) is 5.00. The number of amides is 1. The van der Waals surface area contributed by atoms with Crippen LogP contribution in [-0.2, 0) is 4.79 Å². The normalized spacial score (nSPS) is 10.2. The molecule has 0 radical (unpaired) electrons. The van der Waals surface area contributed by atoms with Crippen LogP contribution < -0.4 is 15.8 Å². The first kappa shape index (κ1) is 15.1. The van der Waals surface area contributed by atoms with Crippen molar-refractivity contribution < 1.29 is 9.53 Å². The number of hydrogen-bond donors (Lipinski definition) is 2. The number of nitrogens with two attached hydrogens (primary N) is 1. The van der Waals surface area contributed by atoms with E-state index >= 15 is 0 Å². The van der Waals surface area contributed by atoms with Gasteiger partial charge in [-0.25, -0.2) is 4.98 Å². The lowest BCUT2D eigenvalue weighted by Crippen LogP contribution is -2.16. The quantitative estimate of drug-likeness (QED) is 0.657. The number of aromatic nitrogens is 1. The summed E-state index contributed by atoms with van der Waals surface area (Å²) in [7, 11) is 0. The third kappa shape index (κ3) is 4.36. The van der Waals surface area contributed by atoms with Crippen molar-refractivity contribution in [1.82, 2.24) is 4.98 Å². The van der Waals surface area contributed by atoms with Gasteiger partial charge in [0, 0.05) is 0 Å². The van der Waals surface area contributed by atoms with Crippen LogP contribution in [0, 0.1) is 6.92 Å². The molecule has 3 N–H and O–H groups in total. The molecule has 0 aliphatic heterocycles. The predicted octanol–water partition coefficient (Wildman–Crippen LogP) is 3.03. The fourth-order valence-corrected chi connectivity index (χ4v) is 1.93. The van der Waals surface area contributed by atoms with Crippen molar-refractivity contribution in [3.63, 3.8) is 0 Å². The summed E-state index contributed by atoms with van der Waals surface area (Å²) in [5.74, 6) is 0.423. The number of benzene rings is 1. The van der Waals surface area contributed by atoms with E-state index in [1.165, 1.54) is 0 Å². The summed E-state index contributed by atoms with van der Waals surface area (Å²) in [6.45, 7) is 2.03. The lowest BCUT2D eigenvalue weighted by molar-refractivity contribution is -0.116. The lowest BCUT2D eigenvalue weighted by Gasteiger charge is -2.10. The zero-order chi connectivity index (χ0) is 15.2. The lowest BCUT2D eigenvalue weighted by atomic mass is 10.3. The highest BCUT2D eigenvalue weighted by molar-refractivity contribution is 6.29. The van der Waals surface area contributed by atoms with E-state index in [0.29, 0.717) is 28.0 Å². The first-order valence-corrected chi connectivity index (χ1v) is 6.84. The maximum atomic E-state index is 11.8. The molecule has 1 aromatic carbocycles. The van der Waals surface area contributed by atoms with E-state index in [1.54, 1.807) is 31.2 Å². The van der Waals surface area contributed by atoms with Gasteiger partial charge in [0.25, 0.3) is 0 Å². The SMILES string of the molecule is Cc1nc(Cl)ccc1NC(=O)CCOc1ccccc1N. The molecule has 0 atom stereocenters. The van der Waals surface area contributed by atoms with Gasteiger partial charge in [-0.2, -0.15) is 0 Å².